The SMILES string of the molecule is Cc1nn(C(C)C)c(C)c1S(=O)(=O)N1CCC[C@@H](Oc2ccncc2)C1. The van der Waals surface area contributed by atoms with Crippen molar-refractivity contribution in [1.29, 1.82) is 0 Å². The predicted molar refractivity (Wildman–Crippen MR) is 98.7 cm³/mol. The van der Waals surface area contributed by atoms with Crippen molar-refractivity contribution in [2.45, 2.75) is 57.6 Å². The molecule has 0 bridgehead atoms. The summed E-state index contributed by atoms with van der Waals surface area (Å²) in [6, 6.07) is 3.69. The topological polar surface area (TPSA) is 77.3 Å². The number of aromatic nitrogens is 3. The summed E-state index contributed by atoms with van der Waals surface area (Å²) in [6.45, 7) is 8.42. The summed E-state index contributed by atoms with van der Waals surface area (Å²) in [7, 11) is -3.60. The Morgan fingerprint density at radius 3 is 2.54 bits per heavy atom. The minimum absolute atomic E-state index is 0.113. The van der Waals surface area contributed by atoms with Gasteiger partial charge in [-0.15, -0.1) is 0 Å². The number of hydrogen-bond acceptors (Lipinski definition) is 5. The molecule has 2 aromatic heterocycles. The average molecular weight is 378 g/mol. The first-order valence-electron chi connectivity index (χ1n) is 8.93. The Labute approximate surface area is 155 Å². The molecule has 0 aliphatic carbocycles. The molecule has 26 heavy (non-hydrogen) atoms. The quantitative estimate of drug-likeness (QED) is 0.799. The highest BCUT2D eigenvalue weighted by molar-refractivity contribution is 7.89. The van der Waals surface area contributed by atoms with E-state index in [0.29, 0.717) is 35.1 Å². The molecule has 3 heterocycles. The first-order chi connectivity index (χ1) is 12.3. The maximum absolute atomic E-state index is 13.3. The van der Waals surface area contributed by atoms with E-state index < -0.39 is 10.0 Å². The van der Waals surface area contributed by atoms with Gasteiger partial charge >= 0.3 is 0 Å². The predicted octanol–water partition coefficient (Wildman–Crippen LogP) is 2.71. The highest BCUT2D eigenvalue weighted by Gasteiger charge is 2.35. The Kier molecular flexibility index (Phi) is 5.34. The van der Waals surface area contributed by atoms with Gasteiger partial charge in [-0.05, 0) is 52.7 Å². The molecule has 0 amide bonds. The first kappa shape index (κ1) is 18.8. The molecule has 142 valence electrons. The third kappa shape index (κ3) is 3.61. The molecule has 0 unspecified atom stereocenters. The van der Waals surface area contributed by atoms with Crippen LogP contribution in [-0.2, 0) is 10.0 Å². The summed E-state index contributed by atoms with van der Waals surface area (Å²) in [6.07, 6.45) is 4.77. The number of rotatable bonds is 5. The van der Waals surface area contributed by atoms with Crippen LogP contribution in [0.1, 0.15) is 44.1 Å². The second kappa shape index (κ2) is 7.36. The van der Waals surface area contributed by atoms with Crippen LogP contribution in [0.3, 0.4) is 0 Å². The summed E-state index contributed by atoms with van der Waals surface area (Å²) in [5.74, 6) is 0.712. The molecule has 8 heteroatoms. The van der Waals surface area contributed by atoms with Gasteiger partial charge in [0.1, 0.15) is 16.7 Å². The van der Waals surface area contributed by atoms with Crippen LogP contribution in [0.15, 0.2) is 29.4 Å². The number of nitrogens with zero attached hydrogens (tertiary/aromatic N) is 4. The molecule has 0 saturated carbocycles. The third-order valence-electron chi connectivity index (χ3n) is 4.64. The van der Waals surface area contributed by atoms with Crippen LogP contribution in [0, 0.1) is 13.8 Å². The summed E-state index contributed by atoms with van der Waals surface area (Å²) in [5.41, 5.74) is 1.24. The number of hydrogen-bond donors (Lipinski definition) is 0. The van der Waals surface area contributed by atoms with E-state index in [1.807, 2.05) is 20.8 Å². The van der Waals surface area contributed by atoms with E-state index >= 15 is 0 Å². The molecular weight excluding hydrogens is 352 g/mol. The van der Waals surface area contributed by atoms with Crippen molar-refractivity contribution in [2.75, 3.05) is 13.1 Å². The minimum atomic E-state index is -3.60. The molecule has 3 rings (SSSR count). The lowest BCUT2D eigenvalue weighted by Crippen LogP contribution is -2.44. The van der Waals surface area contributed by atoms with Crippen molar-refractivity contribution < 1.29 is 13.2 Å². The molecule has 0 radical (unpaired) electrons. The molecule has 1 atom stereocenters. The second-order valence-electron chi connectivity index (χ2n) is 6.97. The largest absolute Gasteiger partial charge is 0.489 e. The van der Waals surface area contributed by atoms with Gasteiger partial charge in [0.15, 0.2) is 0 Å². The molecule has 1 saturated heterocycles. The lowest BCUT2D eigenvalue weighted by atomic mass is 10.1. The van der Waals surface area contributed by atoms with E-state index in [2.05, 4.69) is 10.1 Å². The van der Waals surface area contributed by atoms with Crippen molar-refractivity contribution in [3.8, 4) is 5.75 Å². The summed E-state index contributed by atoms with van der Waals surface area (Å²) >= 11 is 0. The first-order valence-corrected chi connectivity index (χ1v) is 10.4. The fourth-order valence-corrected chi connectivity index (χ4v) is 5.35. The maximum atomic E-state index is 13.3. The van der Waals surface area contributed by atoms with Crippen LogP contribution in [0.5, 0.6) is 5.75 Å². The van der Waals surface area contributed by atoms with Gasteiger partial charge in [0.05, 0.1) is 17.9 Å². The second-order valence-corrected chi connectivity index (χ2v) is 8.84. The van der Waals surface area contributed by atoms with Crippen LogP contribution < -0.4 is 4.74 Å². The smallest absolute Gasteiger partial charge is 0.246 e. The molecule has 1 aliphatic heterocycles. The third-order valence-corrected chi connectivity index (χ3v) is 6.76. The van der Waals surface area contributed by atoms with Crippen molar-refractivity contribution in [3.05, 3.63) is 35.9 Å². The van der Waals surface area contributed by atoms with Crippen LogP contribution in [0.2, 0.25) is 0 Å². The fraction of sp³-hybridized carbons (Fsp3) is 0.556. The van der Waals surface area contributed by atoms with Crippen molar-refractivity contribution in [2.24, 2.45) is 0 Å². The number of pyridine rings is 1. The van der Waals surface area contributed by atoms with Crippen molar-refractivity contribution >= 4 is 10.0 Å². The summed E-state index contributed by atoms with van der Waals surface area (Å²) in [5, 5.41) is 4.43. The molecule has 7 nitrogen and oxygen atoms in total. The zero-order valence-electron chi connectivity index (χ0n) is 15.7. The van der Waals surface area contributed by atoms with Gasteiger partial charge < -0.3 is 4.74 Å². The van der Waals surface area contributed by atoms with Crippen LogP contribution in [0.4, 0.5) is 0 Å². The fourth-order valence-electron chi connectivity index (χ4n) is 3.48. The Morgan fingerprint density at radius 2 is 1.92 bits per heavy atom. The van der Waals surface area contributed by atoms with E-state index in [0.717, 1.165) is 12.8 Å². The molecule has 0 N–H and O–H groups in total. The van der Waals surface area contributed by atoms with Gasteiger partial charge in [-0.3, -0.25) is 9.67 Å². The van der Waals surface area contributed by atoms with Crippen LogP contribution in [-0.4, -0.2) is 46.7 Å². The number of aryl methyl sites for hydroxylation is 1. The van der Waals surface area contributed by atoms with E-state index in [4.69, 9.17) is 4.74 Å². The van der Waals surface area contributed by atoms with Gasteiger partial charge in [0.25, 0.3) is 0 Å². The van der Waals surface area contributed by atoms with E-state index in [1.54, 1.807) is 36.1 Å². The summed E-state index contributed by atoms with van der Waals surface area (Å²) < 4.78 is 35.8. The Hall–Kier alpha value is -1.93. The van der Waals surface area contributed by atoms with Gasteiger partial charge in [0, 0.05) is 25.0 Å². The minimum Gasteiger partial charge on any atom is -0.489 e. The summed E-state index contributed by atoms with van der Waals surface area (Å²) in [4.78, 5) is 4.30. The van der Waals surface area contributed by atoms with Gasteiger partial charge in [-0.2, -0.15) is 9.40 Å². The molecule has 1 aliphatic rings. The highest BCUT2D eigenvalue weighted by atomic mass is 32.2. The Morgan fingerprint density at radius 1 is 1.23 bits per heavy atom. The normalized spacial score (nSPS) is 19.0. The zero-order chi connectivity index (χ0) is 18.9. The van der Waals surface area contributed by atoms with Crippen LogP contribution in [0.25, 0.3) is 0 Å². The Bertz CT molecular complexity index is 862. The molecular formula is C18H26N4O3S. The van der Waals surface area contributed by atoms with Crippen molar-refractivity contribution in [1.82, 2.24) is 19.1 Å². The van der Waals surface area contributed by atoms with Gasteiger partial charge in [0.2, 0.25) is 10.0 Å². The lowest BCUT2D eigenvalue weighted by Gasteiger charge is -2.32. The van der Waals surface area contributed by atoms with E-state index in [-0.39, 0.29) is 12.1 Å². The van der Waals surface area contributed by atoms with Gasteiger partial charge in [-0.1, -0.05) is 0 Å². The molecule has 0 spiro atoms. The number of piperidine rings is 1. The van der Waals surface area contributed by atoms with Crippen LogP contribution >= 0.6 is 0 Å². The monoisotopic (exact) mass is 378 g/mol. The lowest BCUT2D eigenvalue weighted by molar-refractivity contribution is 0.129. The highest BCUT2D eigenvalue weighted by Crippen LogP contribution is 2.28. The molecule has 2 aromatic rings. The Balaban J connectivity index is 1.83. The number of ether oxygens (including phenoxy) is 1. The standard InChI is InChI=1S/C18H26N4O3S/c1-13(2)22-15(4)18(14(3)20-22)26(23,24)21-11-5-6-17(12-21)25-16-7-9-19-10-8-16/h7-10,13,17H,5-6,11-12H2,1-4H3/t17-/m1/s1. The van der Waals surface area contributed by atoms with E-state index in [1.165, 1.54) is 4.31 Å². The van der Waals surface area contributed by atoms with E-state index in [9.17, 15) is 8.42 Å². The van der Waals surface area contributed by atoms with Crippen molar-refractivity contribution in [3.63, 3.8) is 0 Å². The molecule has 1 fully saturated rings. The zero-order valence-corrected chi connectivity index (χ0v) is 16.5. The van der Waals surface area contributed by atoms with Gasteiger partial charge in [-0.25, -0.2) is 8.42 Å². The molecule has 0 aromatic carbocycles. The average Bonchev–Trinajstić information content (AvgIpc) is 2.91. The maximum Gasteiger partial charge on any atom is 0.246 e. The number of sulfonamides is 1.